The van der Waals surface area contributed by atoms with Gasteiger partial charge in [-0.15, -0.1) is 0 Å². The van der Waals surface area contributed by atoms with Crippen LogP contribution < -0.4 is 27.0 Å². The van der Waals surface area contributed by atoms with Crippen LogP contribution in [0.3, 0.4) is 0 Å². The molecular formula is C24H28N8O3. The number of anilines is 3. The van der Waals surface area contributed by atoms with Gasteiger partial charge in [0.05, 0.1) is 49.1 Å². The number of pyridine rings is 1. The van der Waals surface area contributed by atoms with E-state index in [2.05, 4.69) is 30.5 Å². The topological polar surface area (TPSA) is 161 Å². The monoisotopic (exact) mass is 476 g/mol. The van der Waals surface area contributed by atoms with Gasteiger partial charge in [-0.25, -0.2) is 9.97 Å². The average molecular weight is 477 g/mol. The Morgan fingerprint density at radius 1 is 1.09 bits per heavy atom. The molecule has 0 unspecified atom stereocenters. The normalized spacial score (nSPS) is 13.3. The Labute approximate surface area is 202 Å². The minimum absolute atomic E-state index is 0.0181. The Morgan fingerprint density at radius 3 is 2.60 bits per heavy atom. The van der Waals surface area contributed by atoms with E-state index in [0.29, 0.717) is 37.7 Å². The second kappa shape index (κ2) is 11.4. The molecule has 11 heteroatoms. The van der Waals surface area contributed by atoms with Crippen molar-refractivity contribution in [3.63, 3.8) is 0 Å². The third-order valence-electron chi connectivity index (χ3n) is 5.49. The van der Waals surface area contributed by atoms with Gasteiger partial charge < -0.3 is 31.7 Å². The van der Waals surface area contributed by atoms with E-state index in [1.165, 1.54) is 6.20 Å². The smallest absolute Gasteiger partial charge is 0.278 e. The van der Waals surface area contributed by atoms with Gasteiger partial charge in [0.15, 0.2) is 11.5 Å². The molecule has 3 aromatic rings. The van der Waals surface area contributed by atoms with Crippen LogP contribution in [0, 0.1) is 0 Å². The van der Waals surface area contributed by atoms with E-state index < -0.39 is 5.91 Å². The summed E-state index contributed by atoms with van der Waals surface area (Å²) in [6.07, 6.45) is 5.04. The van der Waals surface area contributed by atoms with Crippen molar-refractivity contribution in [2.45, 2.75) is 6.42 Å². The number of rotatable bonds is 8. The van der Waals surface area contributed by atoms with Crippen LogP contribution in [0.5, 0.6) is 0 Å². The summed E-state index contributed by atoms with van der Waals surface area (Å²) < 4.78 is 5.42. The van der Waals surface area contributed by atoms with Crippen LogP contribution in [-0.2, 0) is 16.0 Å². The molecule has 6 N–H and O–H groups in total. The largest absolute Gasteiger partial charge is 0.382 e. The zero-order valence-corrected chi connectivity index (χ0v) is 19.2. The van der Waals surface area contributed by atoms with E-state index in [1.54, 1.807) is 12.4 Å². The Morgan fingerprint density at radius 2 is 1.86 bits per heavy atom. The van der Waals surface area contributed by atoms with Crippen molar-refractivity contribution in [2.75, 3.05) is 55.3 Å². The number of aromatic nitrogens is 3. The molecule has 2 amide bonds. The van der Waals surface area contributed by atoms with Crippen molar-refractivity contribution in [2.24, 2.45) is 5.73 Å². The number of nitrogens with zero attached hydrogens (tertiary/aromatic N) is 4. The van der Waals surface area contributed by atoms with Gasteiger partial charge in [-0.1, -0.05) is 24.3 Å². The molecule has 11 nitrogen and oxygen atoms in total. The van der Waals surface area contributed by atoms with E-state index in [0.717, 1.165) is 29.9 Å². The number of nitrogens with two attached hydrogens (primary N) is 2. The first-order chi connectivity index (χ1) is 17.0. The highest BCUT2D eigenvalue weighted by Gasteiger charge is 2.20. The maximum absolute atomic E-state index is 13.1. The van der Waals surface area contributed by atoms with E-state index >= 15 is 0 Å². The van der Waals surface area contributed by atoms with Crippen molar-refractivity contribution in [1.82, 2.24) is 20.3 Å². The number of carbonyl (C=O) groups is 2. The fraction of sp³-hybridized carbons (Fsp3) is 0.292. The third-order valence-corrected chi connectivity index (χ3v) is 5.49. The summed E-state index contributed by atoms with van der Waals surface area (Å²) in [6, 6.07) is 9.17. The number of benzene rings is 1. The number of ether oxygens (including phenoxy) is 1. The summed E-state index contributed by atoms with van der Waals surface area (Å²) in [6.45, 7) is 3.51. The molecule has 2 aromatic heterocycles. The van der Waals surface area contributed by atoms with Crippen molar-refractivity contribution >= 4 is 29.0 Å². The molecule has 1 fully saturated rings. The number of hydrogen-bond acceptors (Lipinski definition) is 9. The van der Waals surface area contributed by atoms with Gasteiger partial charge in [-0.3, -0.25) is 14.6 Å². The predicted molar refractivity (Wildman–Crippen MR) is 133 cm³/mol. The highest BCUT2D eigenvalue weighted by Crippen LogP contribution is 2.26. The summed E-state index contributed by atoms with van der Waals surface area (Å²) in [4.78, 5) is 39.9. The molecule has 1 aliphatic rings. The number of amides is 2. The lowest BCUT2D eigenvalue weighted by Crippen LogP contribution is -2.36. The lowest BCUT2D eigenvalue weighted by atomic mass is 10.1. The van der Waals surface area contributed by atoms with Crippen LogP contribution in [-0.4, -0.2) is 66.2 Å². The van der Waals surface area contributed by atoms with Crippen molar-refractivity contribution in [3.05, 3.63) is 60.2 Å². The summed E-state index contributed by atoms with van der Waals surface area (Å²) in [5.74, 6) is -0.551. The molecular weight excluding hydrogens is 448 g/mol. The summed E-state index contributed by atoms with van der Waals surface area (Å²) in [7, 11) is 0. The second-order valence-corrected chi connectivity index (χ2v) is 7.95. The molecule has 0 aliphatic carbocycles. The maximum Gasteiger partial charge on any atom is 0.278 e. The molecule has 0 spiro atoms. The Balaban J connectivity index is 1.50. The number of morpholine rings is 1. The Kier molecular flexibility index (Phi) is 7.81. The quantitative estimate of drug-likeness (QED) is 0.369. The molecule has 0 radical (unpaired) electrons. The zero-order chi connectivity index (χ0) is 24.6. The summed E-state index contributed by atoms with van der Waals surface area (Å²) >= 11 is 0. The maximum atomic E-state index is 13.1. The SMILES string of the molecule is NCCNC(=O)Cc1ccc(-c2cnc(N)c(C(=O)Nc3cnccc3N3CCOCC3)n2)cc1. The van der Waals surface area contributed by atoms with Gasteiger partial charge in [0.25, 0.3) is 5.91 Å². The third kappa shape index (κ3) is 6.08. The first kappa shape index (κ1) is 24.0. The summed E-state index contributed by atoms with van der Waals surface area (Å²) in [5, 5.41) is 5.61. The molecule has 0 atom stereocenters. The molecule has 1 aliphatic heterocycles. The van der Waals surface area contributed by atoms with Gasteiger partial charge >= 0.3 is 0 Å². The van der Waals surface area contributed by atoms with E-state index in [9.17, 15) is 9.59 Å². The van der Waals surface area contributed by atoms with Gasteiger partial charge in [-0.2, -0.15) is 0 Å². The molecule has 0 saturated carbocycles. The minimum atomic E-state index is -0.479. The van der Waals surface area contributed by atoms with Crippen molar-refractivity contribution in [3.8, 4) is 11.3 Å². The molecule has 4 rings (SSSR count). The van der Waals surface area contributed by atoms with Crippen LogP contribution in [0.15, 0.2) is 48.9 Å². The van der Waals surface area contributed by atoms with Crippen LogP contribution in [0.4, 0.5) is 17.2 Å². The highest BCUT2D eigenvalue weighted by molar-refractivity contribution is 6.07. The predicted octanol–water partition coefficient (Wildman–Crippen LogP) is 0.827. The molecule has 0 bridgehead atoms. The number of hydrogen-bond donors (Lipinski definition) is 4. The van der Waals surface area contributed by atoms with Crippen LogP contribution in [0.2, 0.25) is 0 Å². The van der Waals surface area contributed by atoms with Crippen LogP contribution in [0.25, 0.3) is 11.3 Å². The fourth-order valence-corrected chi connectivity index (χ4v) is 3.70. The van der Waals surface area contributed by atoms with Gasteiger partial charge in [0, 0.05) is 37.9 Å². The average Bonchev–Trinajstić information content (AvgIpc) is 2.89. The first-order valence-corrected chi connectivity index (χ1v) is 11.3. The van der Waals surface area contributed by atoms with Crippen molar-refractivity contribution in [1.29, 1.82) is 0 Å². The minimum Gasteiger partial charge on any atom is -0.382 e. The van der Waals surface area contributed by atoms with E-state index in [4.69, 9.17) is 16.2 Å². The zero-order valence-electron chi connectivity index (χ0n) is 19.2. The Bertz CT molecular complexity index is 1180. The molecule has 3 heterocycles. The number of carbonyl (C=O) groups excluding carboxylic acids is 2. The molecule has 1 aromatic carbocycles. The Hall–Kier alpha value is -4.09. The number of nitrogen functional groups attached to an aromatic ring is 1. The highest BCUT2D eigenvalue weighted by atomic mass is 16.5. The molecule has 35 heavy (non-hydrogen) atoms. The first-order valence-electron chi connectivity index (χ1n) is 11.3. The van der Waals surface area contributed by atoms with Gasteiger partial charge in [0.2, 0.25) is 5.91 Å². The summed E-state index contributed by atoms with van der Waals surface area (Å²) in [5.41, 5.74) is 14.9. The van der Waals surface area contributed by atoms with Crippen molar-refractivity contribution < 1.29 is 14.3 Å². The van der Waals surface area contributed by atoms with Gasteiger partial charge in [-0.05, 0) is 11.6 Å². The lowest BCUT2D eigenvalue weighted by molar-refractivity contribution is -0.120. The number of nitrogens with one attached hydrogen (secondary N) is 2. The standard InChI is InChI=1S/C24H28N8O3/c25-6-8-28-21(33)13-16-1-3-17(4-2-16)18-15-29-23(26)22(30-18)24(34)31-19-14-27-7-5-20(19)32-9-11-35-12-10-32/h1-5,7,14-15H,6,8-13,25H2,(H2,26,29)(H,28,33)(H,31,34). The molecule has 1 saturated heterocycles. The van der Waals surface area contributed by atoms with Gasteiger partial charge in [0.1, 0.15) is 0 Å². The van der Waals surface area contributed by atoms with Crippen LogP contribution in [0.1, 0.15) is 16.1 Å². The second-order valence-electron chi connectivity index (χ2n) is 7.95. The van der Waals surface area contributed by atoms with E-state index in [1.807, 2.05) is 30.3 Å². The fourth-order valence-electron chi connectivity index (χ4n) is 3.70. The molecule has 182 valence electrons. The lowest BCUT2D eigenvalue weighted by Gasteiger charge is -2.30. The van der Waals surface area contributed by atoms with Crippen LogP contribution >= 0.6 is 0 Å². The van der Waals surface area contributed by atoms with E-state index in [-0.39, 0.29) is 23.8 Å².